The summed E-state index contributed by atoms with van der Waals surface area (Å²) in [5, 5.41) is 5.19. The Labute approximate surface area is 96.5 Å². The van der Waals surface area contributed by atoms with Gasteiger partial charge in [0.25, 0.3) is 0 Å². The number of benzene rings is 1. The molecule has 4 rings (SSSR count). The maximum absolute atomic E-state index is 3.68. The molecule has 0 spiro atoms. The minimum Gasteiger partial charge on any atom is -0.361 e. The van der Waals surface area contributed by atoms with Crippen LogP contribution in [-0.4, -0.2) is 17.6 Å². The smallest absolute Gasteiger partial charge is 0.361 e. The van der Waals surface area contributed by atoms with Crippen LogP contribution in [0.1, 0.15) is 31.3 Å². The Morgan fingerprint density at radius 3 is 3.31 bits per heavy atom. The molecule has 1 aromatic heterocycles. The van der Waals surface area contributed by atoms with Crippen molar-refractivity contribution < 1.29 is 1.43 Å². The summed E-state index contributed by atoms with van der Waals surface area (Å²) in [6.07, 6.45) is 6.06. The fourth-order valence-electron chi connectivity index (χ4n) is 3.53. The van der Waals surface area contributed by atoms with Crippen LogP contribution >= 0.6 is 0 Å². The van der Waals surface area contributed by atoms with Crippen molar-refractivity contribution in [2.24, 2.45) is 0 Å². The molecule has 2 heteroatoms. The molecule has 0 bridgehead atoms. The van der Waals surface area contributed by atoms with E-state index >= 15 is 0 Å². The van der Waals surface area contributed by atoms with Crippen LogP contribution in [-0.2, 0) is 6.42 Å². The lowest BCUT2D eigenvalue weighted by Gasteiger charge is -2.36. The Morgan fingerprint density at radius 1 is 1.31 bits per heavy atom. The summed E-state index contributed by atoms with van der Waals surface area (Å²) in [7, 11) is 0. The average Bonchev–Trinajstić information content (AvgIpc) is 2.75. The number of piperidine rings is 1. The number of rotatable bonds is 0. The zero-order chi connectivity index (χ0) is 10.5. The molecular weight excluding hydrogens is 196 g/mol. The van der Waals surface area contributed by atoms with Crippen molar-refractivity contribution in [2.45, 2.75) is 31.2 Å². The molecule has 2 aliphatic rings. The molecule has 1 fully saturated rings. The summed E-state index contributed by atoms with van der Waals surface area (Å²) in [6, 6.07) is 7.37. The summed E-state index contributed by atoms with van der Waals surface area (Å²) in [5.74, 6) is 0.737. The number of nitrogens with one attached hydrogen (secondary N) is 2. The fraction of sp³-hybridized carbons (Fsp3) is 0.429. The SMILES string of the molecule is [H+].c1cc2c3c(c[nH]c3c1)C[C@H]1NCCC[C@H]21. The lowest BCUT2D eigenvalue weighted by Crippen LogP contribution is -2.43. The van der Waals surface area contributed by atoms with Gasteiger partial charge in [-0.05, 0) is 43.0 Å². The number of hydrogen-bond acceptors (Lipinski definition) is 1. The molecule has 2 N–H and O–H groups in total. The molecule has 0 radical (unpaired) electrons. The second-order valence-corrected chi connectivity index (χ2v) is 5.10. The van der Waals surface area contributed by atoms with Crippen LogP contribution in [0.25, 0.3) is 10.9 Å². The van der Waals surface area contributed by atoms with Gasteiger partial charge in [-0.25, -0.2) is 0 Å². The van der Waals surface area contributed by atoms with Crippen molar-refractivity contribution >= 4 is 10.9 Å². The summed E-state index contributed by atoms with van der Waals surface area (Å²) in [6.45, 7) is 1.19. The monoisotopic (exact) mass is 213 g/mol. The van der Waals surface area contributed by atoms with Gasteiger partial charge >= 0.3 is 1.43 Å². The van der Waals surface area contributed by atoms with Gasteiger partial charge in [0.15, 0.2) is 0 Å². The topological polar surface area (TPSA) is 27.8 Å². The van der Waals surface area contributed by atoms with Gasteiger partial charge in [-0.3, -0.25) is 0 Å². The maximum Gasteiger partial charge on any atom is 1.00 e. The van der Waals surface area contributed by atoms with Crippen molar-refractivity contribution in [3.8, 4) is 0 Å². The quantitative estimate of drug-likeness (QED) is 0.692. The minimum atomic E-state index is 0. The first-order valence-electron chi connectivity index (χ1n) is 6.26. The molecule has 0 saturated carbocycles. The molecule has 82 valence electrons. The zero-order valence-corrected chi connectivity index (χ0v) is 9.29. The van der Waals surface area contributed by atoms with Crippen molar-refractivity contribution in [2.75, 3.05) is 6.54 Å². The van der Waals surface area contributed by atoms with Crippen LogP contribution in [0.5, 0.6) is 0 Å². The Balaban J connectivity index is 0.000000902. The molecule has 1 aliphatic heterocycles. The Hall–Kier alpha value is -1.28. The molecule has 16 heavy (non-hydrogen) atoms. The molecule has 2 aromatic rings. The standard InChI is InChI=1S/C14H16N2/c1-3-11-10-4-2-6-15-13(10)7-9-8-16-12(5-1)14(9)11/h1,3,5,8,10,13,15-16H,2,4,6-7H2/p+1/t10-,13-/m1/s1. The molecule has 1 aliphatic carbocycles. The number of fused-ring (bicyclic) bond motifs is 2. The average molecular weight is 213 g/mol. The van der Waals surface area contributed by atoms with E-state index < -0.39 is 0 Å². The van der Waals surface area contributed by atoms with Crippen LogP contribution in [0.15, 0.2) is 24.4 Å². The molecular formula is C14H17N2+. The predicted octanol–water partition coefficient (Wildman–Crippen LogP) is 2.67. The van der Waals surface area contributed by atoms with Crippen molar-refractivity contribution in [3.05, 3.63) is 35.5 Å². The van der Waals surface area contributed by atoms with Crippen molar-refractivity contribution in [1.82, 2.24) is 10.3 Å². The largest absolute Gasteiger partial charge is 1.00 e. The highest BCUT2D eigenvalue weighted by Gasteiger charge is 2.32. The predicted molar refractivity (Wildman–Crippen MR) is 66.9 cm³/mol. The van der Waals surface area contributed by atoms with E-state index in [4.69, 9.17) is 0 Å². The van der Waals surface area contributed by atoms with Crippen LogP contribution in [0.3, 0.4) is 0 Å². The summed E-state index contributed by atoms with van der Waals surface area (Å²) < 4.78 is 0. The lowest BCUT2D eigenvalue weighted by molar-refractivity contribution is 0.345. The first-order chi connectivity index (χ1) is 7.93. The third-order valence-electron chi connectivity index (χ3n) is 4.24. The summed E-state index contributed by atoms with van der Waals surface area (Å²) in [4.78, 5) is 3.40. The van der Waals surface area contributed by atoms with Gasteiger partial charge in [0.2, 0.25) is 0 Å². The van der Waals surface area contributed by atoms with E-state index in [2.05, 4.69) is 34.7 Å². The second-order valence-electron chi connectivity index (χ2n) is 5.10. The first-order valence-corrected chi connectivity index (χ1v) is 6.26. The van der Waals surface area contributed by atoms with Crippen LogP contribution < -0.4 is 5.32 Å². The van der Waals surface area contributed by atoms with E-state index in [0.29, 0.717) is 6.04 Å². The molecule has 2 atom stereocenters. The Kier molecular flexibility index (Phi) is 1.71. The van der Waals surface area contributed by atoms with Gasteiger partial charge in [0.1, 0.15) is 0 Å². The van der Waals surface area contributed by atoms with E-state index in [1.54, 1.807) is 5.56 Å². The molecule has 1 aromatic carbocycles. The first kappa shape index (κ1) is 8.82. The molecule has 1 saturated heterocycles. The molecule has 2 nitrogen and oxygen atoms in total. The van der Waals surface area contributed by atoms with Gasteiger partial charge in [-0.15, -0.1) is 0 Å². The highest BCUT2D eigenvalue weighted by molar-refractivity contribution is 5.88. The summed E-state index contributed by atoms with van der Waals surface area (Å²) >= 11 is 0. The molecule has 2 heterocycles. The number of H-pyrrole nitrogens is 1. The number of aromatic amines is 1. The van der Waals surface area contributed by atoms with Gasteiger partial charge in [-0.1, -0.05) is 12.1 Å². The minimum absolute atomic E-state index is 0. The third-order valence-corrected chi connectivity index (χ3v) is 4.24. The highest BCUT2D eigenvalue weighted by atomic mass is 14.9. The second kappa shape index (κ2) is 3.11. The van der Waals surface area contributed by atoms with Gasteiger partial charge < -0.3 is 10.3 Å². The zero-order valence-electron chi connectivity index (χ0n) is 10.3. The third kappa shape index (κ3) is 1.05. The molecule has 0 unspecified atom stereocenters. The van der Waals surface area contributed by atoms with Crippen LogP contribution in [0.2, 0.25) is 0 Å². The number of aromatic nitrogens is 1. The van der Waals surface area contributed by atoms with Gasteiger partial charge in [-0.2, -0.15) is 0 Å². The summed E-state index contributed by atoms with van der Waals surface area (Å²) in [5.41, 5.74) is 4.38. The Bertz CT molecular complexity index is 546. The van der Waals surface area contributed by atoms with E-state index in [1.165, 1.54) is 42.3 Å². The van der Waals surface area contributed by atoms with E-state index in [0.717, 1.165) is 5.92 Å². The van der Waals surface area contributed by atoms with E-state index in [9.17, 15) is 0 Å². The highest BCUT2D eigenvalue weighted by Crippen LogP contribution is 2.40. The van der Waals surface area contributed by atoms with Gasteiger partial charge in [0, 0.05) is 29.1 Å². The Morgan fingerprint density at radius 2 is 2.31 bits per heavy atom. The van der Waals surface area contributed by atoms with Crippen LogP contribution in [0.4, 0.5) is 0 Å². The maximum atomic E-state index is 3.68. The number of hydrogen-bond donors (Lipinski definition) is 2. The fourth-order valence-corrected chi connectivity index (χ4v) is 3.53. The van der Waals surface area contributed by atoms with Crippen LogP contribution in [0, 0.1) is 0 Å². The van der Waals surface area contributed by atoms with Gasteiger partial charge in [0.05, 0.1) is 0 Å². The van der Waals surface area contributed by atoms with E-state index in [1.807, 2.05) is 0 Å². The van der Waals surface area contributed by atoms with Crippen molar-refractivity contribution in [3.63, 3.8) is 0 Å². The van der Waals surface area contributed by atoms with Crippen molar-refractivity contribution in [1.29, 1.82) is 0 Å². The lowest BCUT2D eigenvalue weighted by atomic mass is 9.76. The van der Waals surface area contributed by atoms with E-state index in [-0.39, 0.29) is 1.43 Å². The molecule has 0 amide bonds. The normalized spacial score (nSPS) is 28.0.